The number of aromatic amines is 1. The molecule has 0 unspecified atom stereocenters. The third kappa shape index (κ3) is 6.56. The summed E-state index contributed by atoms with van der Waals surface area (Å²) in [5.74, 6) is -3.44. The zero-order valence-corrected chi connectivity index (χ0v) is 12.1. The molecule has 1 aromatic heterocycles. The van der Waals surface area contributed by atoms with Crippen LogP contribution in [0.4, 0.5) is 0 Å². The molecule has 11 nitrogen and oxygen atoms in total. The average Bonchev–Trinajstić information content (AvgIpc) is 2.96. The average molecular weight is 326 g/mol. The summed E-state index contributed by atoms with van der Waals surface area (Å²) in [6.07, 6.45) is 2.51. The van der Waals surface area contributed by atoms with Gasteiger partial charge >= 0.3 is 5.97 Å². The lowest BCUT2D eigenvalue weighted by molar-refractivity contribution is -0.138. The highest BCUT2D eigenvalue weighted by atomic mass is 16.4. The van der Waals surface area contributed by atoms with Crippen molar-refractivity contribution >= 4 is 23.7 Å². The number of hydrogen-bond donors (Lipinski definition) is 6. The molecule has 0 radical (unpaired) electrons. The van der Waals surface area contributed by atoms with Gasteiger partial charge < -0.3 is 32.2 Å². The van der Waals surface area contributed by atoms with E-state index in [1.54, 1.807) is 0 Å². The van der Waals surface area contributed by atoms with E-state index in [4.69, 9.17) is 16.6 Å². The van der Waals surface area contributed by atoms with Crippen LogP contribution in [-0.2, 0) is 25.6 Å². The summed E-state index contributed by atoms with van der Waals surface area (Å²) in [4.78, 5) is 51.7. The molecule has 1 rings (SSSR count). The molecule has 0 bridgehead atoms. The van der Waals surface area contributed by atoms with E-state index in [1.807, 2.05) is 0 Å². The number of primary amides is 1. The van der Waals surface area contributed by atoms with Crippen molar-refractivity contribution in [2.45, 2.75) is 24.9 Å². The first-order chi connectivity index (χ1) is 10.8. The summed E-state index contributed by atoms with van der Waals surface area (Å²) < 4.78 is 0. The van der Waals surface area contributed by atoms with Gasteiger partial charge in [-0.2, -0.15) is 0 Å². The molecule has 11 heteroatoms. The van der Waals surface area contributed by atoms with E-state index < -0.39 is 42.3 Å². The van der Waals surface area contributed by atoms with Gasteiger partial charge in [-0.15, -0.1) is 0 Å². The van der Waals surface area contributed by atoms with Crippen molar-refractivity contribution in [3.63, 3.8) is 0 Å². The van der Waals surface area contributed by atoms with Crippen LogP contribution in [0.15, 0.2) is 12.5 Å². The second kappa shape index (κ2) is 8.48. The number of hydrogen-bond acceptors (Lipinski definition) is 6. The summed E-state index contributed by atoms with van der Waals surface area (Å²) in [5.41, 5.74) is 11.0. The van der Waals surface area contributed by atoms with Crippen LogP contribution in [0.25, 0.3) is 0 Å². The van der Waals surface area contributed by atoms with E-state index in [2.05, 4.69) is 20.6 Å². The number of nitrogens with one attached hydrogen (secondary N) is 3. The van der Waals surface area contributed by atoms with Crippen molar-refractivity contribution in [2.24, 2.45) is 11.5 Å². The summed E-state index contributed by atoms with van der Waals surface area (Å²) >= 11 is 0. The van der Waals surface area contributed by atoms with Crippen LogP contribution >= 0.6 is 0 Å². The molecule has 2 atom stereocenters. The third-order valence-electron chi connectivity index (χ3n) is 2.78. The molecule has 3 amide bonds. The van der Waals surface area contributed by atoms with E-state index in [9.17, 15) is 19.2 Å². The van der Waals surface area contributed by atoms with Gasteiger partial charge in [-0.1, -0.05) is 0 Å². The molecule has 1 heterocycles. The molecule has 0 spiro atoms. The first-order valence-corrected chi connectivity index (χ1v) is 6.60. The monoisotopic (exact) mass is 326 g/mol. The molecule has 23 heavy (non-hydrogen) atoms. The molecule has 126 valence electrons. The lowest BCUT2D eigenvalue weighted by Crippen LogP contribution is -2.53. The molecular formula is C12H18N6O5. The molecule has 0 aromatic carbocycles. The Bertz CT molecular complexity index is 573. The molecule has 0 saturated carbocycles. The lowest BCUT2D eigenvalue weighted by atomic mass is 10.1. The molecule has 1 aromatic rings. The van der Waals surface area contributed by atoms with Crippen molar-refractivity contribution in [1.29, 1.82) is 0 Å². The number of amides is 3. The van der Waals surface area contributed by atoms with Gasteiger partial charge in [-0.25, -0.2) is 4.98 Å². The van der Waals surface area contributed by atoms with Gasteiger partial charge in [0.2, 0.25) is 17.7 Å². The molecular weight excluding hydrogens is 308 g/mol. The lowest BCUT2D eigenvalue weighted by Gasteiger charge is -2.19. The first-order valence-electron chi connectivity index (χ1n) is 6.60. The quantitative estimate of drug-likeness (QED) is 0.275. The zero-order valence-electron chi connectivity index (χ0n) is 12.1. The fraction of sp³-hybridized carbons (Fsp3) is 0.417. The molecule has 8 N–H and O–H groups in total. The van der Waals surface area contributed by atoms with Crippen LogP contribution in [0, 0.1) is 0 Å². The van der Waals surface area contributed by atoms with Crippen LogP contribution < -0.4 is 22.1 Å². The van der Waals surface area contributed by atoms with Crippen molar-refractivity contribution in [3.8, 4) is 0 Å². The van der Waals surface area contributed by atoms with Crippen LogP contribution in [0.2, 0.25) is 0 Å². The SMILES string of the molecule is NC(=O)C[C@H](N)C(=O)N[C@@H](Cc1cnc[nH]1)C(=O)NCC(=O)O. The Labute approximate surface area is 130 Å². The van der Waals surface area contributed by atoms with Gasteiger partial charge in [0.15, 0.2) is 0 Å². The van der Waals surface area contributed by atoms with Crippen LogP contribution in [0.5, 0.6) is 0 Å². The topological polar surface area (TPSA) is 193 Å². The Morgan fingerprint density at radius 1 is 1.30 bits per heavy atom. The summed E-state index contributed by atoms with van der Waals surface area (Å²) in [6.45, 7) is -0.596. The van der Waals surface area contributed by atoms with Gasteiger partial charge in [-0.3, -0.25) is 19.2 Å². The highest BCUT2D eigenvalue weighted by Crippen LogP contribution is 2.00. The van der Waals surface area contributed by atoms with E-state index in [-0.39, 0.29) is 12.8 Å². The Morgan fingerprint density at radius 2 is 2.00 bits per heavy atom. The maximum Gasteiger partial charge on any atom is 0.322 e. The minimum atomic E-state index is -1.23. The second-order valence-corrected chi connectivity index (χ2v) is 4.73. The van der Waals surface area contributed by atoms with E-state index in [0.717, 1.165) is 0 Å². The zero-order chi connectivity index (χ0) is 17.4. The summed E-state index contributed by atoms with van der Waals surface area (Å²) in [5, 5.41) is 13.1. The summed E-state index contributed by atoms with van der Waals surface area (Å²) in [7, 11) is 0. The Hall–Kier alpha value is -2.95. The Morgan fingerprint density at radius 3 is 2.52 bits per heavy atom. The van der Waals surface area contributed by atoms with Crippen molar-refractivity contribution in [3.05, 3.63) is 18.2 Å². The van der Waals surface area contributed by atoms with Gasteiger partial charge in [0.05, 0.1) is 18.8 Å². The highest BCUT2D eigenvalue weighted by molar-refractivity contribution is 5.92. The van der Waals surface area contributed by atoms with Crippen LogP contribution in [-0.4, -0.2) is 57.4 Å². The largest absolute Gasteiger partial charge is 0.480 e. The smallest absolute Gasteiger partial charge is 0.322 e. The number of carboxylic acids is 1. The maximum absolute atomic E-state index is 12.0. The van der Waals surface area contributed by atoms with Crippen molar-refractivity contribution in [2.75, 3.05) is 6.54 Å². The standard InChI is InChI=1S/C12H18N6O5/c13-7(2-9(14)19)11(22)18-8(1-6-3-15-5-17-6)12(23)16-4-10(20)21/h3,5,7-8H,1-2,4,13H2,(H2,14,19)(H,15,17)(H,16,23)(H,18,22)(H,20,21)/t7-,8-/m0/s1. The summed E-state index contributed by atoms with van der Waals surface area (Å²) in [6, 6.07) is -2.29. The predicted molar refractivity (Wildman–Crippen MR) is 76.7 cm³/mol. The maximum atomic E-state index is 12.0. The number of carbonyl (C=O) groups is 4. The number of aliphatic carboxylic acids is 1. The van der Waals surface area contributed by atoms with Gasteiger partial charge in [0.25, 0.3) is 0 Å². The number of imidazole rings is 1. The number of nitrogens with two attached hydrogens (primary N) is 2. The van der Waals surface area contributed by atoms with E-state index in [1.165, 1.54) is 12.5 Å². The highest BCUT2D eigenvalue weighted by Gasteiger charge is 2.25. The predicted octanol–water partition coefficient (Wildman–Crippen LogP) is -3.16. The number of aromatic nitrogens is 2. The van der Waals surface area contributed by atoms with Crippen LogP contribution in [0.1, 0.15) is 12.1 Å². The van der Waals surface area contributed by atoms with Crippen molar-refractivity contribution < 1.29 is 24.3 Å². The Kier molecular flexibility index (Phi) is 6.68. The van der Waals surface area contributed by atoms with Gasteiger partial charge in [0.1, 0.15) is 12.6 Å². The second-order valence-electron chi connectivity index (χ2n) is 4.73. The van der Waals surface area contributed by atoms with Crippen LogP contribution in [0.3, 0.4) is 0 Å². The number of carboxylic acid groups (broad SMARTS) is 1. The third-order valence-corrected chi connectivity index (χ3v) is 2.78. The number of carbonyl (C=O) groups excluding carboxylic acids is 3. The molecule has 0 aliphatic carbocycles. The molecule has 0 aliphatic heterocycles. The molecule has 0 saturated heterocycles. The van der Waals surface area contributed by atoms with E-state index in [0.29, 0.717) is 5.69 Å². The minimum absolute atomic E-state index is 0.0421. The number of H-pyrrole nitrogens is 1. The normalized spacial score (nSPS) is 12.9. The fourth-order valence-corrected chi connectivity index (χ4v) is 1.70. The number of nitrogens with zero attached hydrogens (tertiary/aromatic N) is 1. The first kappa shape index (κ1) is 18.1. The minimum Gasteiger partial charge on any atom is -0.480 e. The van der Waals surface area contributed by atoms with Crippen molar-refractivity contribution in [1.82, 2.24) is 20.6 Å². The van der Waals surface area contributed by atoms with Gasteiger partial charge in [0, 0.05) is 18.3 Å². The molecule has 0 fully saturated rings. The fourth-order valence-electron chi connectivity index (χ4n) is 1.70. The van der Waals surface area contributed by atoms with E-state index >= 15 is 0 Å². The van der Waals surface area contributed by atoms with Gasteiger partial charge in [-0.05, 0) is 0 Å². The Balaban J connectivity index is 2.73. The number of rotatable bonds is 9. The molecule has 0 aliphatic rings.